The van der Waals surface area contributed by atoms with Crippen LogP contribution >= 0.6 is 0 Å². The van der Waals surface area contributed by atoms with Crippen LogP contribution in [0.3, 0.4) is 0 Å². The maximum absolute atomic E-state index is 12.3. The van der Waals surface area contributed by atoms with Crippen molar-refractivity contribution in [3.8, 4) is 5.75 Å². The highest BCUT2D eigenvalue weighted by molar-refractivity contribution is 5.95. The Morgan fingerprint density at radius 3 is 2.55 bits per heavy atom. The average Bonchev–Trinajstić information content (AvgIpc) is 3.26. The second-order valence-electron chi connectivity index (χ2n) is 5.91. The van der Waals surface area contributed by atoms with E-state index in [-0.39, 0.29) is 5.91 Å². The summed E-state index contributed by atoms with van der Waals surface area (Å²) in [5.41, 5.74) is 0.0477. The number of carbonyl (C=O) groups excluding carboxylic acids is 1. The van der Waals surface area contributed by atoms with Crippen molar-refractivity contribution in [3.05, 3.63) is 29.8 Å². The first-order chi connectivity index (χ1) is 9.62. The molecule has 1 aliphatic heterocycles. The van der Waals surface area contributed by atoms with Crippen molar-refractivity contribution in [1.82, 2.24) is 4.90 Å². The molecule has 0 bridgehead atoms. The molecule has 0 unspecified atom stereocenters. The van der Waals surface area contributed by atoms with Crippen LogP contribution in [0.15, 0.2) is 24.3 Å². The van der Waals surface area contributed by atoms with E-state index in [0.29, 0.717) is 31.2 Å². The molecule has 1 amide bonds. The topological polar surface area (TPSA) is 49.8 Å². The monoisotopic (exact) mass is 275 g/mol. The van der Waals surface area contributed by atoms with Crippen LogP contribution in [0, 0.1) is 5.92 Å². The number of rotatable bonds is 5. The number of carbonyl (C=O) groups is 1. The van der Waals surface area contributed by atoms with Gasteiger partial charge in [-0.1, -0.05) is 6.92 Å². The van der Waals surface area contributed by atoms with Gasteiger partial charge in [0.05, 0.1) is 19.7 Å². The number of hydrogen-bond donors (Lipinski definition) is 1. The fourth-order valence-electron chi connectivity index (χ4n) is 2.73. The van der Waals surface area contributed by atoms with Crippen LogP contribution in [-0.2, 0) is 0 Å². The predicted octanol–water partition coefficient (Wildman–Crippen LogP) is 2.07. The number of likely N-dealkylation sites (tertiary alicyclic amines) is 1. The number of ether oxygens (including phenoxy) is 1. The molecule has 2 aliphatic rings. The van der Waals surface area contributed by atoms with E-state index < -0.39 is 5.60 Å². The Kier molecular flexibility index (Phi) is 3.42. The second-order valence-corrected chi connectivity index (χ2v) is 5.91. The van der Waals surface area contributed by atoms with Crippen molar-refractivity contribution in [2.45, 2.75) is 31.8 Å². The highest BCUT2D eigenvalue weighted by Crippen LogP contribution is 2.44. The number of amides is 1. The number of nitrogens with zero attached hydrogens (tertiary/aromatic N) is 1. The summed E-state index contributed by atoms with van der Waals surface area (Å²) in [6, 6.07) is 7.25. The number of β-amino-alcohol motifs (C(OH)–C–C–N with tert-alkyl or cyclic N) is 1. The normalized spacial score (nSPS) is 20.4. The maximum atomic E-state index is 12.3. The molecule has 4 nitrogen and oxygen atoms in total. The van der Waals surface area contributed by atoms with Crippen LogP contribution in [-0.4, -0.2) is 41.2 Å². The molecule has 4 heteroatoms. The van der Waals surface area contributed by atoms with Gasteiger partial charge in [0.15, 0.2) is 0 Å². The molecule has 0 spiro atoms. The lowest BCUT2D eigenvalue weighted by atomic mass is 9.88. The Bertz CT molecular complexity index is 487. The van der Waals surface area contributed by atoms with Gasteiger partial charge in [-0.25, -0.2) is 0 Å². The zero-order valence-corrected chi connectivity index (χ0v) is 11.8. The van der Waals surface area contributed by atoms with Gasteiger partial charge in [-0.15, -0.1) is 0 Å². The minimum absolute atomic E-state index is 0.00244. The van der Waals surface area contributed by atoms with Crippen LogP contribution in [0.25, 0.3) is 0 Å². The minimum Gasteiger partial charge on any atom is -0.494 e. The van der Waals surface area contributed by atoms with E-state index in [0.717, 1.165) is 25.0 Å². The summed E-state index contributed by atoms with van der Waals surface area (Å²) in [4.78, 5) is 14.0. The van der Waals surface area contributed by atoms with Gasteiger partial charge in [0.25, 0.3) is 5.91 Å². The summed E-state index contributed by atoms with van der Waals surface area (Å²) < 4.78 is 5.50. The quantitative estimate of drug-likeness (QED) is 0.895. The lowest BCUT2D eigenvalue weighted by Crippen LogP contribution is -2.64. The van der Waals surface area contributed by atoms with Gasteiger partial charge in [0.2, 0.25) is 0 Å². The van der Waals surface area contributed by atoms with Gasteiger partial charge < -0.3 is 14.7 Å². The molecule has 0 aromatic heterocycles. The molecule has 1 aliphatic carbocycles. The van der Waals surface area contributed by atoms with Crippen LogP contribution in [0.1, 0.15) is 36.5 Å². The van der Waals surface area contributed by atoms with Crippen molar-refractivity contribution in [1.29, 1.82) is 0 Å². The average molecular weight is 275 g/mol. The van der Waals surface area contributed by atoms with E-state index in [2.05, 4.69) is 6.92 Å². The Balaban J connectivity index is 1.57. The second kappa shape index (κ2) is 5.09. The number of aliphatic hydroxyl groups is 1. The van der Waals surface area contributed by atoms with E-state index in [1.807, 2.05) is 12.1 Å². The summed E-state index contributed by atoms with van der Waals surface area (Å²) >= 11 is 0. The van der Waals surface area contributed by atoms with E-state index in [1.165, 1.54) is 0 Å². The Morgan fingerprint density at radius 1 is 1.35 bits per heavy atom. The number of hydrogen-bond acceptors (Lipinski definition) is 3. The van der Waals surface area contributed by atoms with E-state index in [9.17, 15) is 9.90 Å². The summed E-state index contributed by atoms with van der Waals surface area (Å²) in [6.07, 6.45) is 3.16. The first kappa shape index (κ1) is 13.4. The molecular weight excluding hydrogens is 254 g/mol. The summed E-state index contributed by atoms with van der Waals surface area (Å²) in [7, 11) is 0. The van der Waals surface area contributed by atoms with Crippen LogP contribution < -0.4 is 4.74 Å². The molecule has 1 heterocycles. The van der Waals surface area contributed by atoms with Gasteiger partial charge in [0.1, 0.15) is 11.4 Å². The first-order valence-corrected chi connectivity index (χ1v) is 7.37. The van der Waals surface area contributed by atoms with E-state index >= 15 is 0 Å². The molecule has 1 saturated heterocycles. The first-order valence-electron chi connectivity index (χ1n) is 7.37. The van der Waals surface area contributed by atoms with Crippen molar-refractivity contribution in [2.75, 3.05) is 19.7 Å². The Labute approximate surface area is 119 Å². The molecule has 1 saturated carbocycles. The van der Waals surface area contributed by atoms with Gasteiger partial charge in [-0.3, -0.25) is 4.79 Å². The Hall–Kier alpha value is -1.55. The Morgan fingerprint density at radius 2 is 2.00 bits per heavy atom. The molecular formula is C16H21NO3. The smallest absolute Gasteiger partial charge is 0.254 e. The predicted molar refractivity (Wildman–Crippen MR) is 75.8 cm³/mol. The summed E-state index contributed by atoms with van der Waals surface area (Å²) in [5.74, 6) is 1.20. The van der Waals surface area contributed by atoms with Gasteiger partial charge in [-0.2, -0.15) is 0 Å². The third-order valence-corrected chi connectivity index (χ3v) is 4.13. The van der Waals surface area contributed by atoms with Crippen LogP contribution in [0.2, 0.25) is 0 Å². The van der Waals surface area contributed by atoms with Gasteiger partial charge >= 0.3 is 0 Å². The lowest BCUT2D eigenvalue weighted by molar-refractivity contribution is -0.0958. The SMILES string of the molecule is CCCOc1ccc(C(=O)N2CC(O)(C3CC3)C2)cc1. The maximum Gasteiger partial charge on any atom is 0.254 e. The third kappa shape index (κ3) is 2.52. The van der Waals surface area contributed by atoms with Crippen LogP contribution in [0.4, 0.5) is 0 Å². The van der Waals surface area contributed by atoms with Crippen molar-refractivity contribution in [2.24, 2.45) is 5.92 Å². The highest BCUT2D eigenvalue weighted by Gasteiger charge is 2.53. The lowest BCUT2D eigenvalue weighted by Gasteiger charge is -2.47. The summed E-state index contributed by atoms with van der Waals surface area (Å²) in [6.45, 7) is 3.70. The van der Waals surface area contributed by atoms with Gasteiger partial charge in [0, 0.05) is 5.56 Å². The molecule has 1 aromatic carbocycles. The van der Waals surface area contributed by atoms with E-state index in [1.54, 1.807) is 17.0 Å². The minimum atomic E-state index is -0.611. The molecule has 1 N–H and O–H groups in total. The summed E-state index contributed by atoms with van der Waals surface area (Å²) in [5, 5.41) is 10.2. The van der Waals surface area contributed by atoms with Crippen molar-refractivity contribution < 1.29 is 14.6 Å². The van der Waals surface area contributed by atoms with Crippen LogP contribution in [0.5, 0.6) is 5.75 Å². The molecule has 0 radical (unpaired) electrons. The zero-order chi connectivity index (χ0) is 14.2. The molecule has 2 fully saturated rings. The van der Waals surface area contributed by atoms with E-state index in [4.69, 9.17) is 4.74 Å². The van der Waals surface area contributed by atoms with Crippen molar-refractivity contribution in [3.63, 3.8) is 0 Å². The zero-order valence-electron chi connectivity index (χ0n) is 11.8. The largest absolute Gasteiger partial charge is 0.494 e. The van der Waals surface area contributed by atoms with Gasteiger partial charge in [-0.05, 0) is 49.4 Å². The molecule has 1 aromatic rings. The molecule has 20 heavy (non-hydrogen) atoms. The number of benzene rings is 1. The van der Waals surface area contributed by atoms with Crippen molar-refractivity contribution >= 4 is 5.91 Å². The third-order valence-electron chi connectivity index (χ3n) is 4.13. The highest BCUT2D eigenvalue weighted by atomic mass is 16.5. The standard InChI is InChI=1S/C16H21NO3/c1-2-9-20-14-7-3-12(4-8-14)15(18)17-10-16(19,11-17)13-5-6-13/h3-4,7-8,13,19H,2,5-6,9-11H2,1H3. The molecule has 0 atom stereocenters. The molecule has 108 valence electrons. The molecule has 3 rings (SSSR count). The fourth-order valence-corrected chi connectivity index (χ4v) is 2.73. The fraction of sp³-hybridized carbons (Fsp3) is 0.562.